The lowest BCUT2D eigenvalue weighted by Crippen LogP contribution is -2.14. The number of nitrogens with zero attached hydrogens (tertiary/aromatic N) is 1. The van der Waals surface area contributed by atoms with E-state index < -0.39 is 5.91 Å². The Hall–Kier alpha value is -2.27. The highest BCUT2D eigenvalue weighted by Crippen LogP contribution is 2.33. The predicted molar refractivity (Wildman–Crippen MR) is 89.7 cm³/mol. The van der Waals surface area contributed by atoms with E-state index in [4.69, 9.17) is 5.73 Å². The number of carbonyl (C=O) groups excluding carboxylic acids is 1. The number of nitrogens with two attached hydrogens (primary N) is 1. The van der Waals surface area contributed by atoms with Gasteiger partial charge in [0.25, 0.3) is 0 Å². The Balaban J connectivity index is 2.17. The van der Waals surface area contributed by atoms with Crippen molar-refractivity contribution in [1.82, 2.24) is 4.57 Å². The molecule has 4 nitrogen and oxygen atoms in total. The van der Waals surface area contributed by atoms with Crippen LogP contribution in [0.15, 0.2) is 53.1 Å². The van der Waals surface area contributed by atoms with Crippen LogP contribution in [0.1, 0.15) is 11.1 Å². The molecule has 0 saturated carbocycles. The molecule has 1 heterocycles. The second-order valence-corrected chi connectivity index (χ2v) is 5.94. The molecule has 1 aromatic heterocycles. The molecule has 0 aliphatic rings. The minimum absolute atomic E-state index is 0.127. The molecule has 112 valence electrons. The number of carbonyl (C=O) groups is 1. The molecular formula is C17H15BrN2O2. The SMILES string of the molecule is NC(=O)Cc1c(Br)n(Cc2ccccc2)c2ccc(O)cc12. The van der Waals surface area contributed by atoms with Gasteiger partial charge in [-0.25, -0.2) is 0 Å². The molecule has 0 bridgehead atoms. The van der Waals surface area contributed by atoms with Gasteiger partial charge in [-0.2, -0.15) is 0 Å². The Morgan fingerprint density at radius 3 is 2.59 bits per heavy atom. The average Bonchev–Trinajstić information content (AvgIpc) is 2.73. The molecule has 0 radical (unpaired) electrons. The molecular weight excluding hydrogens is 344 g/mol. The fourth-order valence-electron chi connectivity index (χ4n) is 2.64. The number of hydrogen-bond donors (Lipinski definition) is 2. The third kappa shape index (κ3) is 2.72. The second kappa shape index (κ2) is 5.85. The molecule has 0 saturated heterocycles. The van der Waals surface area contributed by atoms with Crippen LogP contribution in [0.5, 0.6) is 5.75 Å². The van der Waals surface area contributed by atoms with Gasteiger partial charge in [0.05, 0.1) is 11.0 Å². The summed E-state index contributed by atoms with van der Waals surface area (Å²) in [5, 5.41) is 10.6. The van der Waals surface area contributed by atoms with Crippen LogP contribution in [0.3, 0.4) is 0 Å². The Bertz CT molecular complexity index is 841. The molecule has 0 fully saturated rings. The summed E-state index contributed by atoms with van der Waals surface area (Å²) in [4.78, 5) is 11.3. The van der Waals surface area contributed by atoms with Crippen molar-refractivity contribution in [2.45, 2.75) is 13.0 Å². The van der Waals surface area contributed by atoms with Gasteiger partial charge in [-0.15, -0.1) is 0 Å². The van der Waals surface area contributed by atoms with Crippen LogP contribution in [0.2, 0.25) is 0 Å². The molecule has 0 spiro atoms. The van der Waals surface area contributed by atoms with Crippen LogP contribution in [-0.2, 0) is 17.8 Å². The number of benzene rings is 2. The predicted octanol–water partition coefficient (Wildman–Crippen LogP) is 3.19. The van der Waals surface area contributed by atoms with Crippen molar-refractivity contribution in [3.63, 3.8) is 0 Å². The lowest BCUT2D eigenvalue weighted by atomic mass is 10.1. The summed E-state index contributed by atoms with van der Waals surface area (Å²) >= 11 is 3.58. The zero-order valence-electron chi connectivity index (χ0n) is 11.8. The lowest BCUT2D eigenvalue weighted by Gasteiger charge is -2.08. The van der Waals surface area contributed by atoms with Crippen molar-refractivity contribution in [2.75, 3.05) is 0 Å². The van der Waals surface area contributed by atoms with E-state index in [1.807, 2.05) is 36.4 Å². The zero-order chi connectivity index (χ0) is 15.7. The summed E-state index contributed by atoms with van der Waals surface area (Å²) in [6.45, 7) is 0.668. The third-order valence-electron chi connectivity index (χ3n) is 3.62. The number of phenolic OH excluding ortho intramolecular Hbond substituents is 1. The van der Waals surface area contributed by atoms with E-state index in [-0.39, 0.29) is 12.2 Å². The van der Waals surface area contributed by atoms with Crippen molar-refractivity contribution in [2.24, 2.45) is 5.73 Å². The summed E-state index contributed by atoms with van der Waals surface area (Å²) in [5.74, 6) is -0.231. The number of hydrogen-bond acceptors (Lipinski definition) is 2. The maximum absolute atomic E-state index is 11.3. The van der Waals surface area contributed by atoms with Crippen molar-refractivity contribution in [3.05, 3.63) is 64.3 Å². The van der Waals surface area contributed by atoms with Crippen molar-refractivity contribution in [1.29, 1.82) is 0 Å². The summed E-state index contributed by atoms with van der Waals surface area (Å²) in [5.41, 5.74) is 8.25. The Morgan fingerprint density at radius 2 is 1.91 bits per heavy atom. The van der Waals surface area contributed by atoms with Crippen LogP contribution in [0, 0.1) is 0 Å². The highest BCUT2D eigenvalue weighted by molar-refractivity contribution is 9.10. The minimum atomic E-state index is -0.400. The first-order valence-electron chi connectivity index (χ1n) is 6.88. The fraction of sp³-hybridized carbons (Fsp3) is 0.118. The van der Waals surface area contributed by atoms with E-state index in [0.717, 1.165) is 26.6 Å². The van der Waals surface area contributed by atoms with Gasteiger partial charge in [-0.05, 0) is 39.7 Å². The Kier molecular flexibility index (Phi) is 3.90. The quantitative estimate of drug-likeness (QED) is 0.751. The summed E-state index contributed by atoms with van der Waals surface area (Å²) in [7, 11) is 0. The highest BCUT2D eigenvalue weighted by Gasteiger charge is 2.17. The largest absolute Gasteiger partial charge is 0.508 e. The molecule has 0 aliphatic carbocycles. The van der Waals surface area contributed by atoms with Crippen LogP contribution >= 0.6 is 15.9 Å². The van der Waals surface area contributed by atoms with Crippen molar-refractivity contribution >= 4 is 32.7 Å². The maximum atomic E-state index is 11.3. The maximum Gasteiger partial charge on any atom is 0.221 e. The van der Waals surface area contributed by atoms with E-state index in [9.17, 15) is 9.90 Å². The van der Waals surface area contributed by atoms with Gasteiger partial charge >= 0.3 is 0 Å². The number of halogens is 1. The number of fused-ring (bicyclic) bond motifs is 1. The normalized spacial score (nSPS) is 11.0. The van der Waals surface area contributed by atoms with Gasteiger partial charge in [-0.1, -0.05) is 30.3 Å². The van der Waals surface area contributed by atoms with E-state index in [2.05, 4.69) is 20.5 Å². The van der Waals surface area contributed by atoms with Crippen LogP contribution in [0.25, 0.3) is 10.9 Å². The summed E-state index contributed by atoms with van der Waals surface area (Å²) in [6, 6.07) is 15.2. The van der Waals surface area contributed by atoms with Crippen molar-refractivity contribution in [3.8, 4) is 5.75 Å². The summed E-state index contributed by atoms with van der Waals surface area (Å²) < 4.78 is 2.89. The van der Waals surface area contributed by atoms with Gasteiger partial charge in [0, 0.05) is 23.0 Å². The van der Waals surface area contributed by atoms with Gasteiger partial charge < -0.3 is 15.4 Å². The first-order chi connectivity index (χ1) is 10.6. The smallest absolute Gasteiger partial charge is 0.221 e. The zero-order valence-corrected chi connectivity index (χ0v) is 13.4. The number of primary amides is 1. The van der Waals surface area contributed by atoms with E-state index >= 15 is 0 Å². The van der Waals surface area contributed by atoms with Gasteiger partial charge in [0.2, 0.25) is 5.91 Å². The number of rotatable bonds is 4. The Morgan fingerprint density at radius 1 is 1.18 bits per heavy atom. The lowest BCUT2D eigenvalue weighted by molar-refractivity contribution is -0.117. The molecule has 0 unspecified atom stereocenters. The monoisotopic (exact) mass is 358 g/mol. The number of phenols is 1. The molecule has 22 heavy (non-hydrogen) atoms. The fourth-order valence-corrected chi connectivity index (χ4v) is 3.31. The summed E-state index contributed by atoms with van der Waals surface area (Å²) in [6.07, 6.45) is 0.127. The molecule has 0 atom stereocenters. The first kappa shape index (κ1) is 14.7. The number of amides is 1. The topological polar surface area (TPSA) is 68.2 Å². The molecule has 3 N–H and O–H groups in total. The van der Waals surface area contributed by atoms with Crippen molar-refractivity contribution < 1.29 is 9.90 Å². The first-order valence-corrected chi connectivity index (χ1v) is 7.67. The van der Waals surface area contributed by atoms with Crippen LogP contribution in [0.4, 0.5) is 0 Å². The molecule has 1 amide bonds. The highest BCUT2D eigenvalue weighted by atomic mass is 79.9. The number of aromatic hydroxyl groups is 1. The second-order valence-electron chi connectivity index (χ2n) is 5.19. The van der Waals surface area contributed by atoms with Gasteiger partial charge in [0.15, 0.2) is 0 Å². The van der Waals surface area contributed by atoms with E-state index in [0.29, 0.717) is 6.54 Å². The molecule has 0 aliphatic heterocycles. The van der Waals surface area contributed by atoms with Gasteiger partial charge in [-0.3, -0.25) is 4.79 Å². The standard InChI is InChI=1S/C17H15BrN2O2/c18-17-14(9-16(19)22)13-8-12(21)6-7-15(13)20(17)10-11-4-2-1-3-5-11/h1-8,21H,9-10H2,(H2,19,22). The molecule has 5 heteroatoms. The molecule has 3 rings (SSSR count). The van der Waals surface area contributed by atoms with E-state index in [1.165, 1.54) is 0 Å². The van der Waals surface area contributed by atoms with Gasteiger partial charge in [0.1, 0.15) is 5.75 Å². The number of aromatic nitrogens is 1. The van der Waals surface area contributed by atoms with E-state index in [1.54, 1.807) is 12.1 Å². The van der Waals surface area contributed by atoms with Crippen LogP contribution < -0.4 is 5.73 Å². The minimum Gasteiger partial charge on any atom is -0.508 e. The molecule has 3 aromatic rings. The third-order valence-corrected chi connectivity index (χ3v) is 4.52. The van der Waals surface area contributed by atoms with Crippen LogP contribution in [-0.4, -0.2) is 15.6 Å². The average molecular weight is 359 g/mol. The Labute approximate surface area is 136 Å². The molecule has 2 aromatic carbocycles.